The molecule has 0 saturated carbocycles. The summed E-state index contributed by atoms with van der Waals surface area (Å²) < 4.78 is 12.0. The molecule has 0 atom stereocenters. The van der Waals surface area contributed by atoms with Gasteiger partial charge in [-0.15, -0.1) is 11.3 Å². The summed E-state index contributed by atoms with van der Waals surface area (Å²) in [7, 11) is 0. The van der Waals surface area contributed by atoms with Gasteiger partial charge in [0, 0.05) is 87.6 Å². The first kappa shape index (κ1) is 60.9. The molecule has 2 aliphatic rings. The van der Waals surface area contributed by atoms with Crippen molar-refractivity contribution in [2.45, 2.75) is 11.8 Å². The summed E-state index contributed by atoms with van der Waals surface area (Å²) in [4.78, 5) is 4.84. The third kappa shape index (κ3) is 9.54. The van der Waals surface area contributed by atoms with Gasteiger partial charge in [-0.1, -0.05) is 255 Å². The molecular weight excluding hydrogens is 1320 g/mol. The SMILES string of the molecule is c1ccc(N(c2ccc3c(c2)C2(c4ccccc4Cc4ccccc42)c2ccccc2-3)c2ccc3c(c2)oc2ccc(-c4ccccc4-c4ccccc4-c4cccc(N(c5ccc(-c6ccc7sc8ccccc8c7c6)cc5)c5ccc6c7c8ccccc8ccc7n(-c7ccccc7)c6c5)c4)cc23)cc1. The van der Waals surface area contributed by atoms with Gasteiger partial charge in [-0.3, -0.25) is 0 Å². The Morgan fingerprint density at radius 2 is 0.804 bits per heavy atom. The topological polar surface area (TPSA) is 24.6 Å². The molecule has 0 N–H and O–H groups in total. The maximum Gasteiger partial charge on any atom is 0.137 e. The summed E-state index contributed by atoms with van der Waals surface area (Å²) in [5.74, 6) is 0. The Morgan fingerprint density at radius 3 is 1.57 bits per heavy atom. The summed E-state index contributed by atoms with van der Waals surface area (Å²) in [6, 6.07) is 142. The van der Waals surface area contributed by atoms with Crippen LogP contribution in [0.3, 0.4) is 0 Å². The number of thiophene rings is 1. The van der Waals surface area contributed by atoms with Gasteiger partial charge in [0.05, 0.1) is 16.4 Å². The van der Waals surface area contributed by atoms with Crippen molar-refractivity contribution in [3.63, 3.8) is 0 Å². The molecular formula is C102H65N3OS. The van der Waals surface area contributed by atoms with Crippen LogP contribution in [0.15, 0.2) is 387 Å². The zero-order chi connectivity index (χ0) is 70.3. The number of furan rings is 1. The highest BCUT2D eigenvalue weighted by molar-refractivity contribution is 7.25. The van der Waals surface area contributed by atoms with E-state index in [0.717, 1.165) is 107 Å². The maximum absolute atomic E-state index is 6.97. The molecule has 2 aliphatic carbocycles. The predicted octanol–water partition coefficient (Wildman–Crippen LogP) is 28.1. The average Bonchev–Trinajstić information content (AvgIpc) is 1.53. The van der Waals surface area contributed by atoms with Crippen LogP contribution in [0.1, 0.15) is 33.4 Å². The number of anilines is 6. The summed E-state index contributed by atoms with van der Waals surface area (Å²) in [5.41, 5.74) is 30.8. The minimum absolute atomic E-state index is 0.487. The van der Waals surface area contributed by atoms with Crippen LogP contribution < -0.4 is 9.80 Å². The zero-order valence-electron chi connectivity index (χ0n) is 58.2. The van der Waals surface area contributed by atoms with Gasteiger partial charge in [0.15, 0.2) is 0 Å². The zero-order valence-corrected chi connectivity index (χ0v) is 59.1. The van der Waals surface area contributed by atoms with Crippen molar-refractivity contribution in [2.24, 2.45) is 0 Å². The van der Waals surface area contributed by atoms with Crippen LogP contribution in [0.5, 0.6) is 0 Å². The predicted molar refractivity (Wildman–Crippen MR) is 450 cm³/mol. The minimum Gasteiger partial charge on any atom is -0.456 e. The van der Waals surface area contributed by atoms with Crippen LogP contribution in [0.4, 0.5) is 34.1 Å². The Morgan fingerprint density at radius 1 is 0.271 bits per heavy atom. The number of hydrogen-bond acceptors (Lipinski definition) is 4. The Kier molecular flexibility index (Phi) is 13.8. The van der Waals surface area contributed by atoms with E-state index in [2.05, 4.69) is 397 Å². The van der Waals surface area contributed by atoms with E-state index in [4.69, 9.17) is 4.42 Å². The van der Waals surface area contributed by atoms with Crippen molar-refractivity contribution in [1.29, 1.82) is 0 Å². The highest BCUT2D eigenvalue weighted by Gasteiger charge is 2.50. The fraction of sp³-hybridized carbons (Fsp3) is 0.0196. The summed E-state index contributed by atoms with van der Waals surface area (Å²) in [6.45, 7) is 0. The van der Waals surface area contributed by atoms with Gasteiger partial charge in [-0.2, -0.15) is 0 Å². The summed E-state index contributed by atoms with van der Waals surface area (Å²) >= 11 is 1.86. The van der Waals surface area contributed by atoms with Gasteiger partial charge < -0.3 is 18.8 Å². The quantitative estimate of drug-likeness (QED) is 0.129. The lowest BCUT2D eigenvalue weighted by Crippen LogP contribution is -2.34. The van der Waals surface area contributed by atoms with E-state index in [1.165, 1.54) is 103 Å². The van der Waals surface area contributed by atoms with Gasteiger partial charge in [0.25, 0.3) is 0 Å². The second-order valence-electron chi connectivity index (χ2n) is 28.6. The lowest BCUT2D eigenvalue weighted by Gasteiger charge is -2.40. The molecule has 17 aromatic carbocycles. The third-order valence-electron chi connectivity index (χ3n) is 22.9. The van der Waals surface area contributed by atoms with E-state index in [1.807, 2.05) is 11.3 Å². The van der Waals surface area contributed by atoms with Crippen molar-refractivity contribution in [3.05, 3.63) is 416 Å². The number of rotatable bonds is 11. The minimum atomic E-state index is -0.487. The van der Waals surface area contributed by atoms with Crippen molar-refractivity contribution in [1.82, 2.24) is 4.57 Å². The second-order valence-corrected chi connectivity index (χ2v) is 29.7. The number of nitrogens with zero attached hydrogens (tertiary/aromatic N) is 3. The van der Waals surface area contributed by atoms with Gasteiger partial charge in [-0.25, -0.2) is 0 Å². The van der Waals surface area contributed by atoms with Gasteiger partial charge >= 0.3 is 0 Å². The number of fused-ring (bicyclic) bond motifs is 20. The molecule has 500 valence electrons. The fourth-order valence-electron chi connectivity index (χ4n) is 18.2. The van der Waals surface area contributed by atoms with E-state index in [9.17, 15) is 0 Å². The number of benzene rings is 17. The lowest BCUT2D eigenvalue weighted by atomic mass is 9.61. The molecule has 0 aliphatic heterocycles. The first-order valence-electron chi connectivity index (χ1n) is 36.9. The number of para-hydroxylation sites is 2. The molecule has 20 aromatic rings. The molecule has 0 unspecified atom stereocenters. The van der Waals surface area contributed by atoms with Gasteiger partial charge in [0.2, 0.25) is 0 Å². The molecule has 3 aromatic heterocycles. The van der Waals surface area contributed by atoms with E-state index in [1.54, 1.807) is 0 Å². The lowest BCUT2D eigenvalue weighted by molar-refractivity contribution is 0.669. The summed E-state index contributed by atoms with van der Waals surface area (Å²) in [6.07, 6.45) is 0.906. The molecule has 22 rings (SSSR count). The Balaban J connectivity index is 0.644. The molecule has 0 saturated heterocycles. The molecule has 0 bridgehead atoms. The molecule has 107 heavy (non-hydrogen) atoms. The smallest absolute Gasteiger partial charge is 0.137 e. The Labute approximate surface area is 623 Å². The van der Waals surface area contributed by atoms with Crippen LogP contribution in [-0.4, -0.2) is 4.57 Å². The normalized spacial score (nSPS) is 12.7. The van der Waals surface area contributed by atoms with Crippen LogP contribution in [0.25, 0.3) is 136 Å². The highest BCUT2D eigenvalue weighted by atomic mass is 32.1. The van der Waals surface area contributed by atoms with Crippen LogP contribution >= 0.6 is 11.3 Å². The van der Waals surface area contributed by atoms with E-state index in [-0.39, 0.29) is 0 Å². The van der Waals surface area contributed by atoms with E-state index >= 15 is 0 Å². The molecule has 1 spiro atoms. The maximum atomic E-state index is 6.97. The van der Waals surface area contributed by atoms with E-state index in [0.29, 0.717) is 0 Å². The standard InChI is InChI=1S/C102H65N3OS/c1-3-26-72(27-4-1)103(76-49-52-85-84-36-15-19-40-93(84)102(94(85)62-76)91-38-17-8-23-70(91)58-71-24-9-18-39-92(71)102)78-50-53-86-89-61-69(45-56-97(89)106-98(86)64-78)80-32-12-14-35-83(80)82-34-13-11-31-79(82)68-25-21-30-75(59-68)104(74-47-42-65(43-48-74)67-46-57-100-90(60-67)87-37-16-20-41-99(87)107-100)77-51-54-88-96(63-77)105(73-28-5-2-6-29-73)95-55-44-66-22-7-10-33-81(66)101(88)95/h1-57,59-64H,58H2. The Hall–Kier alpha value is -13.6. The largest absolute Gasteiger partial charge is 0.456 e. The van der Waals surface area contributed by atoms with Crippen molar-refractivity contribution >= 4 is 120 Å². The average molecular weight is 1380 g/mol. The monoisotopic (exact) mass is 1380 g/mol. The number of hydrogen-bond donors (Lipinski definition) is 0. The molecule has 5 heteroatoms. The third-order valence-corrected chi connectivity index (χ3v) is 24.0. The van der Waals surface area contributed by atoms with Crippen LogP contribution in [0, 0.1) is 0 Å². The number of aromatic nitrogens is 1. The second kappa shape index (κ2) is 24.3. The molecule has 0 radical (unpaired) electrons. The molecule has 0 fully saturated rings. The van der Waals surface area contributed by atoms with Crippen molar-refractivity contribution in [2.75, 3.05) is 9.80 Å². The molecule has 3 heterocycles. The van der Waals surface area contributed by atoms with Crippen LogP contribution in [-0.2, 0) is 11.8 Å². The van der Waals surface area contributed by atoms with Gasteiger partial charge in [-0.05, 0) is 228 Å². The summed E-state index contributed by atoms with van der Waals surface area (Å²) in [5, 5.41) is 9.66. The Bertz CT molecular complexity index is 6950. The molecule has 4 nitrogen and oxygen atoms in total. The van der Waals surface area contributed by atoms with E-state index < -0.39 is 5.41 Å². The van der Waals surface area contributed by atoms with Crippen LogP contribution in [0.2, 0.25) is 0 Å². The van der Waals surface area contributed by atoms with Crippen molar-refractivity contribution in [3.8, 4) is 61.3 Å². The first-order valence-corrected chi connectivity index (χ1v) is 37.7. The first-order chi connectivity index (χ1) is 53.0. The van der Waals surface area contributed by atoms with Gasteiger partial charge in [0.1, 0.15) is 11.2 Å². The fourth-order valence-corrected chi connectivity index (χ4v) is 19.3. The highest BCUT2D eigenvalue weighted by Crippen LogP contribution is 2.61. The molecule has 0 amide bonds. The van der Waals surface area contributed by atoms with Crippen molar-refractivity contribution < 1.29 is 4.42 Å².